The third kappa shape index (κ3) is 3.02. The molecule has 1 aromatic rings. The fourth-order valence-corrected chi connectivity index (χ4v) is 1.00. The van der Waals surface area contributed by atoms with Crippen LogP contribution in [0.4, 0.5) is 0 Å². The molecular weight excluding hydrogens is 184 g/mol. The van der Waals surface area contributed by atoms with E-state index in [1.807, 2.05) is 0 Å². The molecule has 0 radical (unpaired) electrons. The van der Waals surface area contributed by atoms with Crippen molar-refractivity contribution in [2.75, 3.05) is 6.54 Å². The van der Waals surface area contributed by atoms with Crippen LogP contribution < -0.4 is 11.5 Å². The lowest BCUT2D eigenvalue weighted by atomic mass is 10.3. The Balaban J connectivity index is 2.50. The molecule has 0 amide bonds. The third-order valence-corrected chi connectivity index (χ3v) is 1.67. The van der Waals surface area contributed by atoms with Gasteiger partial charge in [0, 0.05) is 12.7 Å². The topological polar surface area (TPSA) is 115 Å². The summed E-state index contributed by atoms with van der Waals surface area (Å²) < 4.78 is 1.69. The van der Waals surface area contributed by atoms with Crippen LogP contribution in [-0.4, -0.2) is 32.6 Å². The Labute approximate surface area is 81.4 Å². The maximum absolute atomic E-state index is 8.34. The molecule has 0 aliphatic rings. The summed E-state index contributed by atoms with van der Waals surface area (Å²) in [5.74, 6) is 0.121. The Hall–Kier alpha value is -1.63. The summed E-state index contributed by atoms with van der Waals surface area (Å²) in [6.07, 6.45) is 2.92. The van der Waals surface area contributed by atoms with Gasteiger partial charge in [-0.25, -0.2) is 0 Å². The van der Waals surface area contributed by atoms with Gasteiger partial charge in [-0.05, 0) is 13.0 Å². The molecule has 14 heavy (non-hydrogen) atoms. The van der Waals surface area contributed by atoms with E-state index in [2.05, 4.69) is 15.5 Å². The summed E-state index contributed by atoms with van der Waals surface area (Å²) in [6.45, 7) is 1.36. The lowest BCUT2D eigenvalue weighted by molar-refractivity contribution is 0.317. The molecule has 0 unspecified atom stereocenters. The molecular formula is C7H14N6O. The van der Waals surface area contributed by atoms with E-state index < -0.39 is 0 Å². The molecule has 7 nitrogen and oxygen atoms in total. The standard InChI is InChI=1S/C7H14N6O/c8-2-1-3-13-5-6(10-12-13)4-7(9)11-14/h5,14H,1-4,8H2,(H2,9,11). The van der Waals surface area contributed by atoms with Crippen molar-refractivity contribution in [1.82, 2.24) is 15.0 Å². The number of nitrogens with zero attached hydrogens (tertiary/aromatic N) is 4. The van der Waals surface area contributed by atoms with Crippen molar-refractivity contribution in [3.8, 4) is 0 Å². The minimum absolute atomic E-state index is 0.121. The molecule has 0 bridgehead atoms. The number of aryl methyl sites for hydroxylation is 1. The molecule has 0 saturated heterocycles. The molecule has 78 valence electrons. The van der Waals surface area contributed by atoms with Crippen LogP contribution in [0.3, 0.4) is 0 Å². The highest BCUT2D eigenvalue weighted by Gasteiger charge is 2.02. The van der Waals surface area contributed by atoms with Gasteiger partial charge in [-0.15, -0.1) is 5.10 Å². The Morgan fingerprint density at radius 3 is 3.07 bits per heavy atom. The molecule has 1 heterocycles. The monoisotopic (exact) mass is 198 g/mol. The molecule has 5 N–H and O–H groups in total. The summed E-state index contributed by atoms with van der Waals surface area (Å²) in [5.41, 5.74) is 11.3. The van der Waals surface area contributed by atoms with E-state index in [1.165, 1.54) is 0 Å². The molecule has 0 aliphatic heterocycles. The van der Waals surface area contributed by atoms with Crippen LogP contribution in [0.5, 0.6) is 0 Å². The van der Waals surface area contributed by atoms with Crippen molar-refractivity contribution < 1.29 is 5.21 Å². The van der Waals surface area contributed by atoms with Crippen LogP contribution in [0.2, 0.25) is 0 Å². The fourth-order valence-electron chi connectivity index (χ4n) is 1.00. The van der Waals surface area contributed by atoms with Crippen molar-refractivity contribution in [3.05, 3.63) is 11.9 Å². The summed E-state index contributed by atoms with van der Waals surface area (Å²) >= 11 is 0. The molecule has 0 aromatic carbocycles. The van der Waals surface area contributed by atoms with Gasteiger partial charge < -0.3 is 16.7 Å². The van der Waals surface area contributed by atoms with E-state index in [0.29, 0.717) is 18.7 Å². The number of oxime groups is 1. The first-order chi connectivity index (χ1) is 6.76. The average molecular weight is 198 g/mol. The average Bonchev–Trinajstić information content (AvgIpc) is 2.62. The molecule has 0 spiro atoms. The van der Waals surface area contributed by atoms with Crippen molar-refractivity contribution in [3.63, 3.8) is 0 Å². The second-order valence-corrected chi connectivity index (χ2v) is 2.88. The number of amidine groups is 1. The molecule has 0 saturated carbocycles. The van der Waals surface area contributed by atoms with Crippen molar-refractivity contribution >= 4 is 5.84 Å². The van der Waals surface area contributed by atoms with E-state index in [0.717, 1.165) is 13.0 Å². The highest BCUT2D eigenvalue weighted by molar-refractivity contribution is 5.81. The summed E-state index contributed by atoms with van der Waals surface area (Å²) in [4.78, 5) is 0. The van der Waals surface area contributed by atoms with Crippen molar-refractivity contribution in [2.24, 2.45) is 16.6 Å². The van der Waals surface area contributed by atoms with Gasteiger partial charge in [-0.3, -0.25) is 4.68 Å². The van der Waals surface area contributed by atoms with Crippen LogP contribution in [-0.2, 0) is 13.0 Å². The number of hydrogen-bond acceptors (Lipinski definition) is 5. The van der Waals surface area contributed by atoms with Gasteiger partial charge in [0.25, 0.3) is 0 Å². The second kappa shape index (κ2) is 5.18. The highest BCUT2D eigenvalue weighted by Crippen LogP contribution is 1.95. The number of hydrogen-bond donors (Lipinski definition) is 3. The van der Waals surface area contributed by atoms with Gasteiger partial charge >= 0.3 is 0 Å². The zero-order valence-electron chi connectivity index (χ0n) is 7.80. The lowest BCUT2D eigenvalue weighted by Gasteiger charge is -1.95. The maximum Gasteiger partial charge on any atom is 0.145 e. The summed E-state index contributed by atoms with van der Waals surface area (Å²) in [6, 6.07) is 0. The largest absolute Gasteiger partial charge is 0.409 e. The Bertz CT molecular complexity index is 307. The minimum Gasteiger partial charge on any atom is -0.409 e. The van der Waals surface area contributed by atoms with Gasteiger partial charge in [0.2, 0.25) is 0 Å². The van der Waals surface area contributed by atoms with Crippen LogP contribution in [0.1, 0.15) is 12.1 Å². The first kappa shape index (κ1) is 10.5. The SMILES string of the molecule is NCCCn1cc(C/C(N)=N\O)nn1. The second-order valence-electron chi connectivity index (χ2n) is 2.88. The van der Waals surface area contributed by atoms with E-state index in [4.69, 9.17) is 16.7 Å². The first-order valence-electron chi connectivity index (χ1n) is 4.31. The number of nitrogens with two attached hydrogens (primary N) is 2. The smallest absolute Gasteiger partial charge is 0.145 e. The van der Waals surface area contributed by atoms with Gasteiger partial charge in [-0.2, -0.15) is 0 Å². The van der Waals surface area contributed by atoms with Gasteiger partial charge in [0.1, 0.15) is 5.84 Å². The number of aromatic nitrogens is 3. The zero-order valence-corrected chi connectivity index (χ0v) is 7.80. The normalized spacial score (nSPS) is 11.9. The van der Waals surface area contributed by atoms with Gasteiger partial charge in [0.15, 0.2) is 0 Å². The van der Waals surface area contributed by atoms with Gasteiger partial charge in [0.05, 0.1) is 12.1 Å². The quantitative estimate of drug-likeness (QED) is 0.241. The van der Waals surface area contributed by atoms with E-state index in [-0.39, 0.29) is 5.84 Å². The van der Waals surface area contributed by atoms with E-state index in [9.17, 15) is 0 Å². The molecule has 7 heteroatoms. The molecule has 0 aliphatic carbocycles. The Kier molecular flexibility index (Phi) is 3.86. The van der Waals surface area contributed by atoms with Crippen LogP contribution >= 0.6 is 0 Å². The molecule has 1 rings (SSSR count). The minimum atomic E-state index is 0.121. The van der Waals surface area contributed by atoms with E-state index in [1.54, 1.807) is 10.9 Å². The summed E-state index contributed by atoms with van der Waals surface area (Å²) in [7, 11) is 0. The molecule has 1 aromatic heterocycles. The van der Waals surface area contributed by atoms with Crippen LogP contribution in [0, 0.1) is 0 Å². The zero-order chi connectivity index (χ0) is 10.4. The van der Waals surface area contributed by atoms with Crippen molar-refractivity contribution in [2.45, 2.75) is 19.4 Å². The third-order valence-electron chi connectivity index (χ3n) is 1.67. The predicted molar refractivity (Wildman–Crippen MR) is 50.8 cm³/mol. The lowest BCUT2D eigenvalue weighted by Crippen LogP contribution is -2.14. The van der Waals surface area contributed by atoms with Gasteiger partial charge in [-0.1, -0.05) is 10.4 Å². The van der Waals surface area contributed by atoms with Crippen LogP contribution in [0.15, 0.2) is 11.4 Å². The Morgan fingerprint density at radius 2 is 2.43 bits per heavy atom. The molecule has 0 fully saturated rings. The van der Waals surface area contributed by atoms with Crippen molar-refractivity contribution in [1.29, 1.82) is 0 Å². The fraction of sp³-hybridized carbons (Fsp3) is 0.571. The summed E-state index contributed by atoms with van der Waals surface area (Å²) in [5, 5.41) is 18.9. The number of rotatable bonds is 5. The Morgan fingerprint density at radius 1 is 1.64 bits per heavy atom. The van der Waals surface area contributed by atoms with Crippen LogP contribution in [0.25, 0.3) is 0 Å². The highest BCUT2D eigenvalue weighted by atomic mass is 16.4. The first-order valence-corrected chi connectivity index (χ1v) is 4.31. The molecule has 0 atom stereocenters. The van der Waals surface area contributed by atoms with E-state index >= 15 is 0 Å². The predicted octanol–water partition coefficient (Wildman–Crippen LogP) is -1.08. The maximum atomic E-state index is 8.34.